The Balaban J connectivity index is 2.66. The molecule has 3 aromatic rings. The van der Waals surface area contributed by atoms with E-state index in [2.05, 4.69) is 0 Å². The normalized spacial score (nSPS) is 13.8. The van der Waals surface area contributed by atoms with Crippen LogP contribution in [-0.2, 0) is 14.9 Å². The highest BCUT2D eigenvalue weighted by Gasteiger charge is 2.52. The molecule has 0 bridgehead atoms. The summed E-state index contributed by atoms with van der Waals surface area (Å²) < 4.78 is 34.1. The summed E-state index contributed by atoms with van der Waals surface area (Å²) in [5.41, 5.74) is -0.510. The Hall–Kier alpha value is -1.67. The molecule has 0 amide bonds. The van der Waals surface area contributed by atoms with Gasteiger partial charge in [-0.05, 0) is 30.3 Å². The number of hydrogen-bond acceptors (Lipinski definition) is 4. The molecule has 10 heteroatoms. The van der Waals surface area contributed by atoms with Gasteiger partial charge in [-0.3, -0.25) is 4.55 Å². The number of phenols is 2. The van der Waals surface area contributed by atoms with Crippen LogP contribution >= 0.6 is 46.4 Å². The Labute approximate surface area is 186 Å². The first kappa shape index (κ1) is 22.0. The number of halogens is 4. The van der Waals surface area contributed by atoms with Crippen molar-refractivity contribution in [2.75, 3.05) is 0 Å². The molecule has 0 saturated heterocycles. The standard InChI is InChI=1S/C19H12Cl4O5S/c20-10-5-6-15(22)12(7-10)19(29(26,27)28,11-3-1-2-4-14(11)21)13-8-17(24)18(25)9-16(13)23/h1-9,24-25H,(H,26,27,28). The fourth-order valence-corrected chi connectivity index (χ4v) is 5.71. The summed E-state index contributed by atoms with van der Waals surface area (Å²) in [5.74, 6) is -1.25. The van der Waals surface area contributed by atoms with Gasteiger partial charge in [-0.2, -0.15) is 8.42 Å². The minimum absolute atomic E-state index is 0.0233. The van der Waals surface area contributed by atoms with Gasteiger partial charge in [-0.25, -0.2) is 0 Å². The molecule has 0 aliphatic carbocycles. The van der Waals surface area contributed by atoms with Gasteiger partial charge in [-0.15, -0.1) is 0 Å². The van der Waals surface area contributed by atoms with Gasteiger partial charge < -0.3 is 10.2 Å². The molecule has 3 rings (SSSR count). The highest BCUT2D eigenvalue weighted by Crippen LogP contribution is 2.52. The van der Waals surface area contributed by atoms with Gasteiger partial charge in [0.05, 0.1) is 5.02 Å². The van der Waals surface area contributed by atoms with Crippen molar-refractivity contribution in [3.05, 3.63) is 91.4 Å². The number of benzene rings is 3. The van der Waals surface area contributed by atoms with Crippen molar-refractivity contribution in [1.82, 2.24) is 0 Å². The van der Waals surface area contributed by atoms with Crippen LogP contribution in [0.15, 0.2) is 54.6 Å². The predicted octanol–water partition coefficient (Wildman–Crippen LogP) is 5.89. The van der Waals surface area contributed by atoms with Crippen LogP contribution in [0.4, 0.5) is 0 Å². The van der Waals surface area contributed by atoms with Gasteiger partial charge in [-0.1, -0.05) is 64.6 Å². The average Bonchev–Trinajstić information content (AvgIpc) is 2.63. The van der Waals surface area contributed by atoms with Crippen molar-refractivity contribution in [2.45, 2.75) is 4.75 Å². The van der Waals surface area contributed by atoms with E-state index in [4.69, 9.17) is 46.4 Å². The van der Waals surface area contributed by atoms with Crippen LogP contribution in [0.5, 0.6) is 11.5 Å². The van der Waals surface area contributed by atoms with Crippen molar-refractivity contribution in [2.24, 2.45) is 0 Å². The summed E-state index contributed by atoms with van der Waals surface area (Å²) in [6.07, 6.45) is 0. The second-order valence-electron chi connectivity index (χ2n) is 6.08. The van der Waals surface area contributed by atoms with Gasteiger partial charge >= 0.3 is 0 Å². The molecule has 0 spiro atoms. The predicted molar refractivity (Wildman–Crippen MR) is 114 cm³/mol. The molecule has 152 valence electrons. The largest absolute Gasteiger partial charge is 0.504 e. The zero-order valence-electron chi connectivity index (χ0n) is 14.3. The minimum Gasteiger partial charge on any atom is -0.504 e. The lowest BCUT2D eigenvalue weighted by molar-refractivity contribution is 0.402. The lowest BCUT2D eigenvalue weighted by Crippen LogP contribution is -2.39. The highest BCUT2D eigenvalue weighted by molar-refractivity contribution is 7.87. The van der Waals surface area contributed by atoms with Crippen molar-refractivity contribution >= 4 is 56.5 Å². The molecular weight excluding hydrogens is 482 g/mol. The van der Waals surface area contributed by atoms with Crippen molar-refractivity contribution in [1.29, 1.82) is 0 Å². The number of phenolic OH excluding ortho intramolecular Hbond substituents is 2. The maximum absolute atomic E-state index is 13.0. The van der Waals surface area contributed by atoms with Crippen molar-refractivity contribution in [3.8, 4) is 11.5 Å². The topological polar surface area (TPSA) is 94.8 Å². The quantitative estimate of drug-likeness (QED) is 0.239. The van der Waals surface area contributed by atoms with Crippen LogP contribution in [0.25, 0.3) is 0 Å². The van der Waals surface area contributed by atoms with E-state index in [1.54, 1.807) is 6.07 Å². The van der Waals surface area contributed by atoms with Crippen LogP contribution in [0.1, 0.15) is 16.7 Å². The van der Waals surface area contributed by atoms with Crippen LogP contribution in [0.2, 0.25) is 20.1 Å². The van der Waals surface area contributed by atoms with Gasteiger partial charge in [0.15, 0.2) is 16.2 Å². The molecular formula is C19H12Cl4O5S. The molecule has 29 heavy (non-hydrogen) atoms. The second-order valence-corrected chi connectivity index (χ2v) is 9.30. The van der Waals surface area contributed by atoms with E-state index in [9.17, 15) is 23.2 Å². The van der Waals surface area contributed by atoms with Gasteiger partial charge in [0.25, 0.3) is 10.1 Å². The summed E-state index contributed by atoms with van der Waals surface area (Å²) in [5, 5.41) is 19.6. The van der Waals surface area contributed by atoms with Crippen LogP contribution in [0, 0.1) is 0 Å². The minimum atomic E-state index is -5.10. The molecule has 0 aromatic heterocycles. The summed E-state index contributed by atoms with van der Waals surface area (Å²) in [6.45, 7) is 0. The Kier molecular flexibility index (Phi) is 5.98. The molecule has 0 radical (unpaired) electrons. The monoisotopic (exact) mass is 492 g/mol. The Morgan fingerprint density at radius 3 is 1.86 bits per heavy atom. The summed E-state index contributed by atoms with van der Waals surface area (Å²) in [6, 6.07) is 11.8. The van der Waals surface area contributed by atoms with Crippen molar-refractivity contribution in [3.63, 3.8) is 0 Å². The van der Waals surface area contributed by atoms with E-state index >= 15 is 0 Å². The number of rotatable bonds is 4. The first-order valence-electron chi connectivity index (χ1n) is 7.89. The fourth-order valence-electron chi connectivity index (χ4n) is 3.19. The lowest BCUT2D eigenvalue weighted by Gasteiger charge is -2.34. The Morgan fingerprint density at radius 2 is 1.24 bits per heavy atom. The maximum Gasteiger partial charge on any atom is 0.283 e. The van der Waals surface area contributed by atoms with Crippen molar-refractivity contribution < 1.29 is 23.2 Å². The second kappa shape index (κ2) is 7.87. The molecule has 0 aliphatic rings. The molecule has 0 heterocycles. The van der Waals surface area contributed by atoms with E-state index < -0.39 is 26.4 Å². The first-order chi connectivity index (χ1) is 13.5. The van der Waals surface area contributed by atoms with Crippen LogP contribution in [0.3, 0.4) is 0 Å². The van der Waals surface area contributed by atoms with E-state index in [-0.39, 0.29) is 36.8 Å². The van der Waals surface area contributed by atoms with E-state index in [1.807, 2.05) is 0 Å². The van der Waals surface area contributed by atoms with Gasteiger partial charge in [0.2, 0.25) is 0 Å². The molecule has 5 nitrogen and oxygen atoms in total. The zero-order chi connectivity index (χ0) is 21.6. The van der Waals surface area contributed by atoms with Gasteiger partial charge in [0, 0.05) is 37.8 Å². The molecule has 3 aromatic carbocycles. The van der Waals surface area contributed by atoms with Crippen LogP contribution < -0.4 is 0 Å². The Morgan fingerprint density at radius 1 is 0.690 bits per heavy atom. The summed E-state index contributed by atoms with van der Waals surface area (Å²) >= 11 is 25.0. The highest BCUT2D eigenvalue weighted by atomic mass is 35.5. The average molecular weight is 494 g/mol. The molecule has 3 N–H and O–H groups in total. The van der Waals surface area contributed by atoms with Crippen LogP contribution in [-0.4, -0.2) is 23.2 Å². The number of aromatic hydroxyl groups is 2. The summed E-state index contributed by atoms with van der Waals surface area (Å²) in [7, 11) is -5.10. The third-order valence-corrected chi connectivity index (χ3v) is 7.03. The molecule has 0 saturated carbocycles. The van der Waals surface area contributed by atoms with E-state index in [0.717, 1.165) is 12.1 Å². The van der Waals surface area contributed by atoms with Gasteiger partial charge in [0.1, 0.15) is 0 Å². The summed E-state index contributed by atoms with van der Waals surface area (Å²) in [4.78, 5) is 0. The third kappa shape index (κ3) is 3.65. The fraction of sp³-hybridized carbons (Fsp3) is 0.0526. The molecule has 1 unspecified atom stereocenters. The lowest BCUT2D eigenvalue weighted by atomic mass is 9.83. The molecule has 0 fully saturated rings. The Bertz CT molecular complexity index is 1210. The van der Waals surface area contributed by atoms with E-state index in [0.29, 0.717) is 0 Å². The SMILES string of the molecule is O=S(=O)(O)C(c1ccccc1Cl)(c1cc(Cl)ccc1Cl)c1cc(O)c(O)cc1Cl. The van der Waals surface area contributed by atoms with E-state index in [1.165, 1.54) is 36.4 Å². The molecule has 0 aliphatic heterocycles. The maximum atomic E-state index is 13.0. The zero-order valence-corrected chi connectivity index (χ0v) is 18.1. The first-order valence-corrected chi connectivity index (χ1v) is 10.8. The third-order valence-electron chi connectivity index (χ3n) is 4.39. The smallest absolute Gasteiger partial charge is 0.283 e. The molecule has 1 atom stereocenters. The number of hydrogen-bond donors (Lipinski definition) is 3.